The lowest BCUT2D eigenvalue weighted by Gasteiger charge is -2.22. The van der Waals surface area contributed by atoms with Gasteiger partial charge >= 0.3 is 0 Å². The molecule has 0 amide bonds. The molecule has 13 heavy (non-hydrogen) atoms. The summed E-state index contributed by atoms with van der Waals surface area (Å²) in [6, 6.07) is 2.30. The summed E-state index contributed by atoms with van der Waals surface area (Å²) in [6.45, 7) is 1.89. The molecule has 3 unspecified atom stereocenters. The van der Waals surface area contributed by atoms with Crippen molar-refractivity contribution in [2.75, 3.05) is 6.61 Å². The number of hydrogen-bond donors (Lipinski definition) is 2. The molecule has 3 heteroatoms. The molecule has 3 nitrogen and oxygen atoms in total. The van der Waals surface area contributed by atoms with Crippen LogP contribution in [0.4, 0.5) is 0 Å². The van der Waals surface area contributed by atoms with Gasteiger partial charge in [0.15, 0.2) is 0 Å². The fraction of sp³-hybridized carbons (Fsp3) is 0.900. The van der Waals surface area contributed by atoms with E-state index in [0.717, 1.165) is 19.3 Å². The van der Waals surface area contributed by atoms with Gasteiger partial charge in [0.2, 0.25) is 0 Å². The Hall–Kier alpha value is -0.590. The van der Waals surface area contributed by atoms with Crippen molar-refractivity contribution in [2.24, 2.45) is 11.3 Å². The number of aliphatic hydroxyl groups excluding tert-OH is 2. The monoisotopic (exact) mass is 183 g/mol. The molecule has 1 aliphatic carbocycles. The molecule has 0 aromatic heterocycles. The van der Waals surface area contributed by atoms with E-state index in [-0.39, 0.29) is 12.0 Å². The molecule has 1 rings (SSSR count). The van der Waals surface area contributed by atoms with Gasteiger partial charge in [-0.05, 0) is 31.6 Å². The van der Waals surface area contributed by atoms with Crippen molar-refractivity contribution in [3.63, 3.8) is 0 Å². The molecule has 0 spiro atoms. The van der Waals surface area contributed by atoms with Gasteiger partial charge in [-0.3, -0.25) is 0 Å². The van der Waals surface area contributed by atoms with Gasteiger partial charge in [-0.15, -0.1) is 0 Å². The lowest BCUT2D eigenvalue weighted by Crippen LogP contribution is -2.25. The van der Waals surface area contributed by atoms with E-state index in [1.807, 2.05) is 0 Å². The predicted molar refractivity (Wildman–Crippen MR) is 48.8 cm³/mol. The van der Waals surface area contributed by atoms with E-state index in [9.17, 15) is 5.11 Å². The van der Waals surface area contributed by atoms with Crippen molar-refractivity contribution in [3.8, 4) is 6.07 Å². The number of aliphatic hydroxyl groups is 2. The highest BCUT2D eigenvalue weighted by atomic mass is 16.3. The Kier molecular flexibility index (Phi) is 3.29. The van der Waals surface area contributed by atoms with Crippen LogP contribution in [0.25, 0.3) is 0 Å². The van der Waals surface area contributed by atoms with Crippen LogP contribution in [0.5, 0.6) is 0 Å². The maximum absolute atomic E-state index is 9.30. The lowest BCUT2D eigenvalue weighted by molar-refractivity contribution is 0.0618. The summed E-state index contributed by atoms with van der Waals surface area (Å²) in [5, 5.41) is 27.0. The van der Waals surface area contributed by atoms with Crippen LogP contribution in [0.15, 0.2) is 0 Å². The van der Waals surface area contributed by atoms with E-state index in [0.29, 0.717) is 12.3 Å². The highest BCUT2D eigenvalue weighted by molar-refractivity contribution is 5.04. The molecule has 3 atom stereocenters. The molecular weight excluding hydrogens is 166 g/mol. The van der Waals surface area contributed by atoms with E-state index in [1.54, 1.807) is 0 Å². The molecule has 1 saturated carbocycles. The number of rotatable bonds is 3. The second-order valence-electron chi connectivity index (χ2n) is 4.28. The van der Waals surface area contributed by atoms with Crippen LogP contribution in [0.2, 0.25) is 0 Å². The van der Waals surface area contributed by atoms with Crippen molar-refractivity contribution in [3.05, 3.63) is 0 Å². The molecule has 74 valence electrons. The minimum absolute atomic E-state index is 0.238. The van der Waals surface area contributed by atoms with Crippen molar-refractivity contribution >= 4 is 0 Å². The summed E-state index contributed by atoms with van der Waals surface area (Å²) in [4.78, 5) is 0. The molecule has 0 radical (unpaired) electrons. The minimum atomic E-state index is -0.732. The number of nitriles is 1. The van der Waals surface area contributed by atoms with Crippen molar-refractivity contribution in [2.45, 2.75) is 38.7 Å². The van der Waals surface area contributed by atoms with Crippen molar-refractivity contribution in [1.29, 1.82) is 5.26 Å². The summed E-state index contributed by atoms with van der Waals surface area (Å²) in [5.74, 6) is 0.575. The molecule has 0 aromatic rings. The van der Waals surface area contributed by atoms with E-state index < -0.39 is 6.10 Å². The van der Waals surface area contributed by atoms with Gasteiger partial charge < -0.3 is 10.2 Å². The van der Waals surface area contributed by atoms with E-state index >= 15 is 0 Å². The molecule has 0 aromatic carbocycles. The SMILES string of the molecule is CC1CCC(C#N)(CC(O)CO)C1. The number of hydrogen-bond acceptors (Lipinski definition) is 3. The first-order chi connectivity index (χ1) is 6.12. The van der Waals surface area contributed by atoms with Crippen LogP contribution >= 0.6 is 0 Å². The predicted octanol–water partition coefficient (Wildman–Crippen LogP) is 1.06. The Bertz CT molecular complexity index is 211. The largest absolute Gasteiger partial charge is 0.394 e. The third kappa shape index (κ3) is 2.43. The lowest BCUT2D eigenvalue weighted by atomic mass is 9.81. The fourth-order valence-electron chi connectivity index (χ4n) is 2.24. The van der Waals surface area contributed by atoms with Gasteiger partial charge in [0, 0.05) is 0 Å². The van der Waals surface area contributed by atoms with Gasteiger partial charge in [0.25, 0.3) is 0 Å². The minimum Gasteiger partial charge on any atom is -0.394 e. The Morgan fingerprint density at radius 2 is 2.38 bits per heavy atom. The molecule has 0 saturated heterocycles. The average molecular weight is 183 g/mol. The fourth-order valence-corrected chi connectivity index (χ4v) is 2.24. The first-order valence-corrected chi connectivity index (χ1v) is 4.82. The van der Waals surface area contributed by atoms with Crippen LogP contribution in [0.3, 0.4) is 0 Å². The maximum Gasteiger partial charge on any atom is 0.0786 e. The highest BCUT2D eigenvalue weighted by Gasteiger charge is 2.38. The topological polar surface area (TPSA) is 64.2 Å². The van der Waals surface area contributed by atoms with Crippen LogP contribution < -0.4 is 0 Å². The van der Waals surface area contributed by atoms with E-state index in [2.05, 4.69) is 13.0 Å². The number of nitrogens with zero attached hydrogens (tertiary/aromatic N) is 1. The van der Waals surface area contributed by atoms with Crippen molar-refractivity contribution in [1.82, 2.24) is 0 Å². The van der Waals surface area contributed by atoms with Gasteiger partial charge in [-0.2, -0.15) is 5.26 Å². The van der Waals surface area contributed by atoms with E-state index in [4.69, 9.17) is 10.4 Å². The summed E-state index contributed by atoms with van der Waals surface area (Å²) >= 11 is 0. The van der Waals surface area contributed by atoms with Crippen LogP contribution in [0, 0.1) is 22.7 Å². The molecule has 0 bridgehead atoms. The zero-order valence-corrected chi connectivity index (χ0v) is 8.03. The first kappa shape index (κ1) is 10.5. The molecule has 2 N–H and O–H groups in total. The normalized spacial score (nSPS) is 35.7. The average Bonchev–Trinajstić information content (AvgIpc) is 2.48. The maximum atomic E-state index is 9.30. The Labute approximate surface area is 79.0 Å². The van der Waals surface area contributed by atoms with Crippen LogP contribution in [-0.4, -0.2) is 22.9 Å². The third-order valence-electron chi connectivity index (χ3n) is 2.93. The van der Waals surface area contributed by atoms with Gasteiger partial charge in [-0.25, -0.2) is 0 Å². The molecule has 0 heterocycles. The third-order valence-corrected chi connectivity index (χ3v) is 2.93. The highest BCUT2D eigenvalue weighted by Crippen LogP contribution is 2.44. The second kappa shape index (κ2) is 4.08. The standard InChI is InChI=1S/C10H17NO2/c1-8-2-3-10(4-8,7-11)5-9(13)6-12/h8-9,12-13H,2-6H2,1H3. The van der Waals surface area contributed by atoms with Gasteiger partial charge in [0.1, 0.15) is 0 Å². The zero-order chi connectivity index (χ0) is 9.90. The summed E-state index contributed by atoms with van der Waals surface area (Å²) in [7, 11) is 0. The van der Waals surface area contributed by atoms with Gasteiger partial charge in [0.05, 0.1) is 24.2 Å². The van der Waals surface area contributed by atoms with Gasteiger partial charge in [-0.1, -0.05) is 6.92 Å². The van der Waals surface area contributed by atoms with Crippen molar-refractivity contribution < 1.29 is 10.2 Å². The molecule has 1 fully saturated rings. The van der Waals surface area contributed by atoms with Crippen LogP contribution in [0.1, 0.15) is 32.6 Å². The van der Waals surface area contributed by atoms with E-state index in [1.165, 1.54) is 0 Å². The van der Waals surface area contributed by atoms with Crippen LogP contribution in [-0.2, 0) is 0 Å². The summed E-state index contributed by atoms with van der Waals surface area (Å²) in [6.07, 6.45) is 2.48. The molecule has 1 aliphatic rings. The summed E-state index contributed by atoms with van der Waals surface area (Å²) in [5.41, 5.74) is -0.373. The Morgan fingerprint density at radius 1 is 1.69 bits per heavy atom. The molecular formula is C10H17NO2. The smallest absolute Gasteiger partial charge is 0.0786 e. The molecule has 0 aliphatic heterocycles. The Morgan fingerprint density at radius 3 is 2.77 bits per heavy atom. The summed E-state index contributed by atoms with van der Waals surface area (Å²) < 4.78 is 0. The first-order valence-electron chi connectivity index (χ1n) is 4.82. The second-order valence-corrected chi connectivity index (χ2v) is 4.28. The Balaban J connectivity index is 2.57. The quantitative estimate of drug-likeness (QED) is 0.687. The zero-order valence-electron chi connectivity index (χ0n) is 8.03.